The molecule has 0 bridgehead atoms. The lowest BCUT2D eigenvalue weighted by molar-refractivity contribution is -0.121. The van der Waals surface area contributed by atoms with Crippen LogP contribution in [-0.4, -0.2) is 22.3 Å². The highest BCUT2D eigenvalue weighted by atomic mass is 19.1. The van der Waals surface area contributed by atoms with Crippen LogP contribution in [0.25, 0.3) is 11.3 Å². The predicted molar refractivity (Wildman–Crippen MR) is 113 cm³/mol. The molecule has 1 heterocycles. The van der Waals surface area contributed by atoms with E-state index in [4.69, 9.17) is 4.74 Å². The van der Waals surface area contributed by atoms with Crippen LogP contribution < -0.4 is 15.6 Å². The van der Waals surface area contributed by atoms with Crippen molar-refractivity contribution in [2.24, 2.45) is 0 Å². The molecule has 7 heteroatoms. The van der Waals surface area contributed by atoms with E-state index in [-0.39, 0.29) is 23.7 Å². The number of hydrogen-bond donors (Lipinski definition) is 1. The monoisotopic (exact) mass is 409 g/mol. The Balaban J connectivity index is 1.53. The molecule has 0 radical (unpaired) electrons. The lowest BCUT2D eigenvalue weighted by atomic mass is 10.1. The quantitative estimate of drug-likeness (QED) is 0.587. The van der Waals surface area contributed by atoms with E-state index >= 15 is 0 Å². The third-order valence-corrected chi connectivity index (χ3v) is 4.50. The van der Waals surface area contributed by atoms with Crippen molar-refractivity contribution in [3.63, 3.8) is 0 Å². The summed E-state index contributed by atoms with van der Waals surface area (Å²) >= 11 is 0. The van der Waals surface area contributed by atoms with E-state index in [1.807, 2.05) is 31.2 Å². The van der Waals surface area contributed by atoms with Crippen LogP contribution in [-0.2, 0) is 17.9 Å². The van der Waals surface area contributed by atoms with Crippen molar-refractivity contribution in [1.29, 1.82) is 0 Å². The molecule has 0 aliphatic rings. The van der Waals surface area contributed by atoms with Crippen molar-refractivity contribution in [1.82, 2.24) is 15.1 Å². The van der Waals surface area contributed by atoms with E-state index in [2.05, 4.69) is 10.4 Å². The minimum absolute atomic E-state index is 0.130. The first kappa shape index (κ1) is 21.2. The molecule has 0 unspecified atom stereocenters. The SMILES string of the molecule is CCOc1ccc(-c2ccc(=O)n(CCCC(=O)NCc3ccc(F)cc3)n2)cc1. The van der Waals surface area contributed by atoms with Crippen LogP contribution in [0.1, 0.15) is 25.3 Å². The Morgan fingerprint density at radius 2 is 1.80 bits per heavy atom. The molecular formula is C23H24FN3O3. The lowest BCUT2D eigenvalue weighted by Crippen LogP contribution is -2.25. The van der Waals surface area contributed by atoms with Gasteiger partial charge in [0.1, 0.15) is 11.6 Å². The maximum Gasteiger partial charge on any atom is 0.266 e. The van der Waals surface area contributed by atoms with Gasteiger partial charge in [-0.1, -0.05) is 12.1 Å². The molecule has 6 nitrogen and oxygen atoms in total. The molecule has 1 amide bonds. The molecule has 156 valence electrons. The second kappa shape index (κ2) is 10.3. The molecule has 0 saturated carbocycles. The van der Waals surface area contributed by atoms with Gasteiger partial charge in [0.15, 0.2) is 0 Å². The average Bonchev–Trinajstić information content (AvgIpc) is 2.75. The number of hydrogen-bond acceptors (Lipinski definition) is 4. The molecule has 0 aliphatic carbocycles. The summed E-state index contributed by atoms with van der Waals surface area (Å²) in [7, 11) is 0. The summed E-state index contributed by atoms with van der Waals surface area (Å²) in [4.78, 5) is 24.1. The van der Waals surface area contributed by atoms with E-state index in [0.29, 0.717) is 31.8 Å². The number of nitrogens with one attached hydrogen (secondary N) is 1. The Bertz CT molecular complexity index is 1030. The van der Waals surface area contributed by atoms with Crippen molar-refractivity contribution in [2.75, 3.05) is 6.61 Å². The molecule has 0 atom stereocenters. The molecule has 0 saturated heterocycles. The van der Waals surface area contributed by atoms with Crippen LogP contribution in [0.15, 0.2) is 65.5 Å². The fourth-order valence-electron chi connectivity index (χ4n) is 2.93. The van der Waals surface area contributed by atoms with E-state index in [1.54, 1.807) is 18.2 Å². The van der Waals surface area contributed by atoms with Crippen molar-refractivity contribution in [2.45, 2.75) is 32.9 Å². The summed E-state index contributed by atoms with van der Waals surface area (Å²) in [6.45, 7) is 3.20. The summed E-state index contributed by atoms with van der Waals surface area (Å²) in [5, 5.41) is 7.20. The first-order chi connectivity index (χ1) is 14.5. The van der Waals surface area contributed by atoms with Gasteiger partial charge in [0.05, 0.1) is 12.3 Å². The highest BCUT2D eigenvalue weighted by Crippen LogP contribution is 2.19. The number of halogens is 1. The number of nitrogens with zero attached hydrogens (tertiary/aromatic N) is 2. The molecule has 30 heavy (non-hydrogen) atoms. The molecule has 3 rings (SSSR count). The molecule has 0 spiro atoms. The number of carbonyl (C=O) groups is 1. The fourth-order valence-corrected chi connectivity index (χ4v) is 2.93. The van der Waals surface area contributed by atoms with Crippen molar-refractivity contribution in [3.8, 4) is 17.0 Å². The fraction of sp³-hybridized carbons (Fsp3) is 0.261. The van der Waals surface area contributed by atoms with Crippen molar-refractivity contribution < 1.29 is 13.9 Å². The minimum Gasteiger partial charge on any atom is -0.494 e. The number of rotatable bonds is 9. The van der Waals surface area contributed by atoms with Gasteiger partial charge in [-0.3, -0.25) is 9.59 Å². The smallest absolute Gasteiger partial charge is 0.266 e. The number of benzene rings is 2. The van der Waals surface area contributed by atoms with E-state index in [9.17, 15) is 14.0 Å². The Morgan fingerprint density at radius 3 is 2.50 bits per heavy atom. The average molecular weight is 409 g/mol. The van der Waals surface area contributed by atoms with Crippen LogP contribution in [0.5, 0.6) is 5.75 Å². The first-order valence-electron chi connectivity index (χ1n) is 9.87. The normalized spacial score (nSPS) is 10.6. The summed E-state index contributed by atoms with van der Waals surface area (Å²) in [5.74, 6) is 0.340. The van der Waals surface area contributed by atoms with Crippen molar-refractivity contribution >= 4 is 5.91 Å². The summed E-state index contributed by atoms with van der Waals surface area (Å²) in [6.07, 6.45) is 0.748. The molecule has 3 aromatic rings. The molecule has 0 fully saturated rings. The highest BCUT2D eigenvalue weighted by molar-refractivity contribution is 5.75. The largest absolute Gasteiger partial charge is 0.494 e. The van der Waals surface area contributed by atoms with Gasteiger partial charge in [-0.2, -0.15) is 5.10 Å². The van der Waals surface area contributed by atoms with Crippen molar-refractivity contribution in [3.05, 3.63) is 82.4 Å². The van der Waals surface area contributed by atoms with Crippen LogP contribution in [0.3, 0.4) is 0 Å². The van der Waals surface area contributed by atoms with Gasteiger partial charge in [-0.25, -0.2) is 9.07 Å². The maximum atomic E-state index is 12.9. The summed E-state index contributed by atoms with van der Waals surface area (Å²) in [6, 6.07) is 16.7. The van der Waals surface area contributed by atoms with Gasteiger partial charge in [0, 0.05) is 31.1 Å². The van der Waals surface area contributed by atoms with Crippen LogP contribution in [0, 0.1) is 5.82 Å². The van der Waals surface area contributed by atoms with Gasteiger partial charge in [-0.15, -0.1) is 0 Å². The zero-order valence-corrected chi connectivity index (χ0v) is 16.8. The van der Waals surface area contributed by atoms with Gasteiger partial charge in [-0.05, 0) is 61.4 Å². The molecule has 2 aromatic carbocycles. The van der Waals surface area contributed by atoms with Crippen LogP contribution >= 0.6 is 0 Å². The molecule has 0 aliphatic heterocycles. The number of aromatic nitrogens is 2. The third-order valence-electron chi connectivity index (χ3n) is 4.50. The second-order valence-electron chi connectivity index (χ2n) is 6.74. The predicted octanol–water partition coefficient (Wildman–Crippen LogP) is 3.54. The molecular weight excluding hydrogens is 385 g/mol. The maximum absolute atomic E-state index is 12.9. The lowest BCUT2D eigenvalue weighted by Gasteiger charge is -2.09. The highest BCUT2D eigenvalue weighted by Gasteiger charge is 2.06. The van der Waals surface area contributed by atoms with Crippen LogP contribution in [0.4, 0.5) is 4.39 Å². The zero-order chi connectivity index (χ0) is 21.3. The first-order valence-corrected chi connectivity index (χ1v) is 9.87. The third kappa shape index (κ3) is 6.01. The molecule has 1 N–H and O–H groups in total. The second-order valence-corrected chi connectivity index (χ2v) is 6.74. The topological polar surface area (TPSA) is 73.2 Å². The van der Waals surface area contributed by atoms with Gasteiger partial charge in [0.2, 0.25) is 5.91 Å². The number of aryl methyl sites for hydroxylation is 1. The molecule has 1 aromatic heterocycles. The Kier molecular flexibility index (Phi) is 7.32. The van der Waals surface area contributed by atoms with E-state index in [0.717, 1.165) is 16.9 Å². The van der Waals surface area contributed by atoms with Gasteiger partial charge >= 0.3 is 0 Å². The van der Waals surface area contributed by atoms with Gasteiger partial charge < -0.3 is 10.1 Å². The Hall–Kier alpha value is -3.48. The summed E-state index contributed by atoms with van der Waals surface area (Å²) < 4.78 is 19.7. The van der Waals surface area contributed by atoms with E-state index in [1.165, 1.54) is 22.9 Å². The standard InChI is InChI=1S/C23H24FN3O3/c1-2-30-20-11-7-18(8-12-20)21-13-14-23(29)27(26-21)15-3-4-22(28)25-16-17-5-9-19(24)10-6-17/h5-14H,2-4,15-16H2,1H3,(H,25,28). The number of amides is 1. The van der Waals surface area contributed by atoms with Gasteiger partial charge in [0.25, 0.3) is 5.56 Å². The summed E-state index contributed by atoms with van der Waals surface area (Å²) in [5.41, 5.74) is 2.17. The van der Waals surface area contributed by atoms with E-state index < -0.39 is 0 Å². The minimum atomic E-state index is -0.310. The Morgan fingerprint density at radius 1 is 1.07 bits per heavy atom. The van der Waals surface area contributed by atoms with Crippen LogP contribution in [0.2, 0.25) is 0 Å². The Labute approximate surface area is 174 Å². The number of ether oxygens (including phenoxy) is 1. The number of carbonyl (C=O) groups excluding carboxylic acids is 1. The zero-order valence-electron chi connectivity index (χ0n) is 16.8.